The molecule has 0 aliphatic carbocycles. The average Bonchev–Trinajstić information content (AvgIpc) is 2.38. The number of likely N-dealkylation sites (tertiary alicyclic amines) is 1. The Morgan fingerprint density at radius 3 is 2.95 bits per heavy atom. The van der Waals surface area contributed by atoms with Crippen LogP contribution in [0.3, 0.4) is 0 Å². The first-order valence-corrected chi connectivity index (χ1v) is 7.55. The van der Waals surface area contributed by atoms with E-state index in [9.17, 15) is 0 Å². The van der Waals surface area contributed by atoms with E-state index in [0.29, 0.717) is 6.04 Å². The first kappa shape index (κ1) is 15.2. The van der Waals surface area contributed by atoms with Crippen molar-refractivity contribution < 1.29 is 0 Å². The molecule has 1 N–H and O–H groups in total. The van der Waals surface area contributed by atoms with Gasteiger partial charge in [0.25, 0.3) is 0 Å². The summed E-state index contributed by atoms with van der Waals surface area (Å²) < 4.78 is 0. The number of likely N-dealkylation sites (N-methyl/N-ethyl adjacent to an activating group) is 2. The Morgan fingerprint density at radius 1 is 1.45 bits per heavy atom. The fourth-order valence-corrected chi connectivity index (χ4v) is 2.82. The highest BCUT2D eigenvalue weighted by Crippen LogP contribution is 2.15. The third-order valence-electron chi connectivity index (χ3n) is 3.87. The van der Waals surface area contributed by atoms with Crippen molar-refractivity contribution in [2.45, 2.75) is 39.3 Å². The summed E-state index contributed by atoms with van der Waals surface area (Å²) in [5.74, 6) is 1.85. The molecule has 5 heteroatoms. The van der Waals surface area contributed by atoms with Gasteiger partial charge in [-0.3, -0.25) is 4.90 Å². The molecular formula is C15H27N5. The maximum Gasteiger partial charge on any atom is 0.144 e. The minimum absolute atomic E-state index is 0.612. The number of nitrogens with zero attached hydrogens (tertiary/aromatic N) is 4. The first-order valence-electron chi connectivity index (χ1n) is 7.55. The van der Waals surface area contributed by atoms with Gasteiger partial charge in [0.1, 0.15) is 11.6 Å². The second-order valence-corrected chi connectivity index (χ2v) is 5.81. The summed E-state index contributed by atoms with van der Waals surface area (Å²) in [6.45, 7) is 8.18. The van der Waals surface area contributed by atoms with Gasteiger partial charge >= 0.3 is 0 Å². The summed E-state index contributed by atoms with van der Waals surface area (Å²) in [6.07, 6.45) is 2.55. The second kappa shape index (κ2) is 6.99. The Morgan fingerprint density at radius 2 is 2.25 bits per heavy atom. The van der Waals surface area contributed by atoms with Crippen molar-refractivity contribution in [3.63, 3.8) is 0 Å². The van der Waals surface area contributed by atoms with E-state index < -0.39 is 0 Å². The largest absolute Gasteiger partial charge is 0.370 e. The van der Waals surface area contributed by atoms with Crippen LogP contribution >= 0.6 is 0 Å². The van der Waals surface area contributed by atoms with E-state index >= 15 is 0 Å². The molecule has 0 aromatic carbocycles. The van der Waals surface area contributed by atoms with E-state index in [2.05, 4.69) is 46.1 Å². The van der Waals surface area contributed by atoms with Gasteiger partial charge in [-0.05, 0) is 47.3 Å². The van der Waals surface area contributed by atoms with Crippen molar-refractivity contribution in [2.24, 2.45) is 0 Å². The van der Waals surface area contributed by atoms with Crippen LogP contribution in [-0.2, 0) is 6.54 Å². The number of rotatable bonds is 5. The molecule has 1 aliphatic heterocycles. The second-order valence-electron chi connectivity index (χ2n) is 5.81. The molecule has 2 rings (SSSR count). The van der Waals surface area contributed by atoms with E-state index in [1.165, 1.54) is 19.4 Å². The molecule has 1 atom stereocenters. The Kier molecular flexibility index (Phi) is 5.31. The molecule has 1 saturated heterocycles. The molecule has 0 radical (unpaired) electrons. The Hall–Kier alpha value is -1.20. The molecule has 20 heavy (non-hydrogen) atoms. The van der Waals surface area contributed by atoms with Gasteiger partial charge in [-0.15, -0.1) is 0 Å². The van der Waals surface area contributed by atoms with E-state index in [-0.39, 0.29) is 0 Å². The molecule has 1 aromatic heterocycles. The summed E-state index contributed by atoms with van der Waals surface area (Å²) in [7, 11) is 4.38. The monoisotopic (exact) mass is 277 g/mol. The van der Waals surface area contributed by atoms with Gasteiger partial charge in [-0.1, -0.05) is 0 Å². The Bertz CT molecular complexity index is 434. The van der Waals surface area contributed by atoms with Crippen LogP contribution in [0, 0.1) is 6.92 Å². The van der Waals surface area contributed by atoms with Gasteiger partial charge in [0.05, 0.1) is 6.54 Å². The Balaban J connectivity index is 2.01. The molecule has 0 saturated carbocycles. The van der Waals surface area contributed by atoms with Gasteiger partial charge in [-0.25, -0.2) is 9.97 Å². The summed E-state index contributed by atoms with van der Waals surface area (Å²) in [5, 5.41) is 3.27. The van der Waals surface area contributed by atoms with Crippen LogP contribution in [0.2, 0.25) is 0 Å². The molecule has 1 aliphatic rings. The molecule has 1 unspecified atom stereocenters. The zero-order chi connectivity index (χ0) is 14.5. The molecule has 112 valence electrons. The van der Waals surface area contributed by atoms with Crippen LogP contribution in [0.4, 0.5) is 5.82 Å². The van der Waals surface area contributed by atoms with Crippen molar-refractivity contribution in [2.75, 3.05) is 39.0 Å². The zero-order valence-corrected chi connectivity index (χ0v) is 13.2. The topological polar surface area (TPSA) is 44.3 Å². The molecular weight excluding hydrogens is 250 g/mol. The minimum atomic E-state index is 0.612. The highest BCUT2D eigenvalue weighted by molar-refractivity contribution is 5.35. The zero-order valence-electron chi connectivity index (χ0n) is 13.2. The summed E-state index contributed by atoms with van der Waals surface area (Å²) >= 11 is 0. The van der Waals surface area contributed by atoms with Gasteiger partial charge < -0.3 is 10.2 Å². The van der Waals surface area contributed by atoms with Crippen molar-refractivity contribution in [1.82, 2.24) is 19.8 Å². The summed E-state index contributed by atoms with van der Waals surface area (Å²) in [6, 6.07) is 2.61. The third kappa shape index (κ3) is 4.15. The smallest absolute Gasteiger partial charge is 0.144 e. The number of piperidine rings is 1. The van der Waals surface area contributed by atoms with E-state index in [0.717, 1.165) is 37.0 Å². The molecule has 0 spiro atoms. The normalized spacial score (nSPS) is 20.4. The Labute approximate surface area is 122 Å². The quantitative estimate of drug-likeness (QED) is 0.888. The molecule has 0 amide bonds. The van der Waals surface area contributed by atoms with Crippen molar-refractivity contribution >= 4 is 5.82 Å². The fraction of sp³-hybridized carbons (Fsp3) is 0.733. The fourth-order valence-electron chi connectivity index (χ4n) is 2.82. The minimum Gasteiger partial charge on any atom is -0.370 e. The lowest BCUT2D eigenvalue weighted by atomic mass is 10.1. The lowest BCUT2D eigenvalue weighted by Gasteiger charge is -2.35. The number of nitrogens with one attached hydrogen (secondary N) is 1. The van der Waals surface area contributed by atoms with E-state index in [4.69, 9.17) is 0 Å². The standard InChI is InChI=1S/C15H27N5/c1-5-16-14-9-12(2)17-15(18-14)11-20(4)13-7-6-8-19(3)10-13/h9,13H,5-8,10-11H2,1-4H3,(H,16,17,18). The predicted octanol–water partition coefficient (Wildman–Crippen LogP) is 1.74. The maximum atomic E-state index is 4.60. The van der Waals surface area contributed by atoms with Gasteiger partial charge in [0, 0.05) is 30.9 Å². The van der Waals surface area contributed by atoms with Crippen molar-refractivity contribution in [3.05, 3.63) is 17.6 Å². The van der Waals surface area contributed by atoms with Gasteiger partial charge in [0.2, 0.25) is 0 Å². The van der Waals surface area contributed by atoms with E-state index in [1.54, 1.807) is 0 Å². The summed E-state index contributed by atoms with van der Waals surface area (Å²) in [5.41, 5.74) is 1.03. The average molecular weight is 277 g/mol. The molecule has 5 nitrogen and oxygen atoms in total. The van der Waals surface area contributed by atoms with Crippen molar-refractivity contribution in [3.8, 4) is 0 Å². The predicted molar refractivity (Wildman–Crippen MR) is 82.9 cm³/mol. The van der Waals surface area contributed by atoms with Gasteiger partial charge in [0.15, 0.2) is 0 Å². The van der Waals surface area contributed by atoms with E-state index in [1.807, 2.05) is 13.0 Å². The van der Waals surface area contributed by atoms with Crippen LogP contribution in [0.25, 0.3) is 0 Å². The summed E-state index contributed by atoms with van der Waals surface area (Å²) in [4.78, 5) is 14.0. The highest BCUT2D eigenvalue weighted by Gasteiger charge is 2.21. The molecule has 1 fully saturated rings. The molecule has 1 aromatic rings. The lowest BCUT2D eigenvalue weighted by molar-refractivity contribution is 0.127. The van der Waals surface area contributed by atoms with Crippen LogP contribution in [-0.4, -0.2) is 59.5 Å². The van der Waals surface area contributed by atoms with Gasteiger partial charge in [-0.2, -0.15) is 0 Å². The number of anilines is 1. The van der Waals surface area contributed by atoms with Crippen LogP contribution in [0.5, 0.6) is 0 Å². The number of hydrogen-bond donors (Lipinski definition) is 1. The molecule has 0 bridgehead atoms. The molecule has 2 heterocycles. The third-order valence-corrected chi connectivity index (χ3v) is 3.87. The number of aryl methyl sites for hydroxylation is 1. The number of hydrogen-bond acceptors (Lipinski definition) is 5. The lowest BCUT2D eigenvalue weighted by Crippen LogP contribution is -2.44. The van der Waals surface area contributed by atoms with Crippen molar-refractivity contribution in [1.29, 1.82) is 0 Å². The SMILES string of the molecule is CCNc1cc(C)nc(CN(C)C2CCCN(C)C2)n1. The van der Waals surface area contributed by atoms with Crippen LogP contribution in [0.15, 0.2) is 6.07 Å². The first-order chi connectivity index (χ1) is 9.58. The maximum absolute atomic E-state index is 4.60. The van der Waals surface area contributed by atoms with Crippen LogP contribution < -0.4 is 5.32 Å². The van der Waals surface area contributed by atoms with Crippen LogP contribution in [0.1, 0.15) is 31.3 Å². The number of aromatic nitrogens is 2. The highest BCUT2D eigenvalue weighted by atomic mass is 15.2.